The molecular formula is C27H31N5O5S. The van der Waals surface area contributed by atoms with E-state index in [9.17, 15) is 13.2 Å². The number of carbonyl (C=O) groups is 1. The van der Waals surface area contributed by atoms with Gasteiger partial charge >= 0.3 is 5.97 Å². The summed E-state index contributed by atoms with van der Waals surface area (Å²) in [6.07, 6.45) is 3.43. The van der Waals surface area contributed by atoms with E-state index < -0.39 is 10.0 Å². The number of carbonyl (C=O) groups excluding carboxylic acids is 1. The zero-order valence-electron chi connectivity index (χ0n) is 21.5. The van der Waals surface area contributed by atoms with E-state index in [2.05, 4.69) is 9.88 Å². The van der Waals surface area contributed by atoms with Crippen molar-refractivity contribution in [2.75, 3.05) is 38.3 Å². The standard InChI is InChI=1S/C27H31N5O5S/c1-3-37-27(33)19-10-14-31(15-11-19)26-22-18-32(38(34,35)21-8-6-7-20(17-21)36-2)16-12-23(22)29-25(30-26)24-9-4-5-13-28-24/h4-9,13,17,19H,3,10-12,14-16,18H2,1-2H3. The lowest BCUT2D eigenvalue weighted by molar-refractivity contribution is -0.148. The minimum absolute atomic E-state index is 0.149. The molecule has 0 saturated carbocycles. The van der Waals surface area contributed by atoms with E-state index in [-0.39, 0.29) is 23.3 Å². The van der Waals surface area contributed by atoms with Crippen molar-refractivity contribution < 1.29 is 22.7 Å². The van der Waals surface area contributed by atoms with E-state index in [1.165, 1.54) is 17.5 Å². The summed E-state index contributed by atoms with van der Waals surface area (Å²) in [7, 11) is -2.26. The molecule has 0 N–H and O–H groups in total. The molecule has 0 bridgehead atoms. The zero-order valence-corrected chi connectivity index (χ0v) is 22.4. The van der Waals surface area contributed by atoms with Crippen molar-refractivity contribution in [3.8, 4) is 17.3 Å². The van der Waals surface area contributed by atoms with E-state index in [0.717, 1.165) is 11.3 Å². The van der Waals surface area contributed by atoms with E-state index in [0.29, 0.717) is 68.6 Å². The highest BCUT2D eigenvalue weighted by Crippen LogP contribution is 2.34. The minimum atomic E-state index is -3.77. The molecule has 1 saturated heterocycles. The lowest BCUT2D eigenvalue weighted by Crippen LogP contribution is -2.41. The van der Waals surface area contributed by atoms with Crippen LogP contribution in [0.25, 0.3) is 11.5 Å². The molecule has 0 radical (unpaired) electrons. The predicted octanol–water partition coefficient (Wildman–Crippen LogP) is 3.07. The number of nitrogens with zero attached hydrogens (tertiary/aromatic N) is 5. The van der Waals surface area contributed by atoms with Gasteiger partial charge in [-0.1, -0.05) is 12.1 Å². The molecule has 0 aliphatic carbocycles. The number of rotatable bonds is 7. The Morgan fingerprint density at radius 2 is 1.89 bits per heavy atom. The molecule has 4 heterocycles. The average molecular weight is 538 g/mol. The van der Waals surface area contributed by atoms with Crippen molar-refractivity contribution in [1.82, 2.24) is 19.3 Å². The molecule has 1 fully saturated rings. The molecule has 0 spiro atoms. The fraction of sp³-hybridized carbons (Fsp3) is 0.407. The minimum Gasteiger partial charge on any atom is -0.497 e. The average Bonchev–Trinajstić information content (AvgIpc) is 2.97. The fourth-order valence-electron chi connectivity index (χ4n) is 4.95. The van der Waals surface area contributed by atoms with Gasteiger partial charge in [0.1, 0.15) is 17.3 Å². The molecular weight excluding hydrogens is 506 g/mol. The van der Waals surface area contributed by atoms with Crippen LogP contribution in [0.4, 0.5) is 5.82 Å². The van der Waals surface area contributed by atoms with Gasteiger partial charge in [0.05, 0.1) is 30.2 Å². The number of methoxy groups -OCH3 is 1. The first-order chi connectivity index (χ1) is 18.4. The van der Waals surface area contributed by atoms with Crippen LogP contribution < -0.4 is 9.64 Å². The lowest BCUT2D eigenvalue weighted by Gasteiger charge is -2.36. The third-order valence-electron chi connectivity index (χ3n) is 6.99. The highest BCUT2D eigenvalue weighted by Gasteiger charge is 2.34. The molecule has 2 aromatic heterocycles. The number of sulfonamides is 1. The van der Waals surface area contributed by atoms with Crippen LogP contribution in [0, 0.1) is 5.92 Å². The van der Waals surface area contributed by atoms with Crippen LogP contribution in [0.2, 0.25) is 0 Å². The van der Waals surface area contributed by atoms with Gasteiger partial charge in [-0.2, -0.15) is 4.31 Å². The second-order valence-electron chi connectivity index (χ2n) is 9.29. The Labute approximate surface area is 222 Å². The van der Waals surface area contributed by atoms with Gasteiger partial charge in [-0.15, -0.1) is 0 Å². The number of hydrogen-bond donors (Lipinski definition) is 0. The van der Waals surface area contributed by atoms with Gasteiger partial charge in [0.2, 0.25) is 10.0 Å². The second-order valence-corrected chi connectivity index (χ2v) is 11.2. The topological polar surface area (TPSA) is 115 Å². The third-order valence-corrected chi connectivity index (χ3v) is 8.83. The number of anilines is 1. The molecule has 5 rings (SSSR count). The molecule has 0 unspecified atom stereocenters. The fourth-order valence-corrected chi connectivity index (χ4v) is 6.39. The Morgan fingerprint density at radius 1 is 1.08 bits per heavy atom. The maximum atomic E-state index is 13.6. The van der Waals surface area contributed by atoms with Gasteiger partial charge in [0.15, 0.2) is 5.82 Å². The van der Waals surface area contributed by atoms with Gasteiger partial charge in [-0.05, 0) is 44.0 Å². The van der Waals surface area contributed by atoms with Crippen LogP contribution in [-0.4, -0.2) is 67.0 Å². The predicted molar refractivity (Wildman–Crippen MR) is 141 cm³/mol. The highest BCUT2D eigenvalue weighted by atomic mass is 32.2. The van der Waals surface area contributed by atoms with Crippen LogP contribution in [-0.2, 0) is 32.5 Å². The van der Waals surface area contributed by atoms with Crippen LogP contribution in [0.3, 0.4) is 0 Å². The van der Waals surface area contributed by atoms with Gasteiger partial charge < -0.3 is 14.4 Å². The molecule has 2 aliphatic heterocycles. The number of pyridine rings is 1. The van der Waals surface area contributed by atoms with Crippen LogP contribution in [0.1, 0.15) is 31.0 Å². The SMILES string of the molecule is CCOC(=O)C1CCN(c2nc(-c3ccccn3)nc3c2CN(S(=O)(=O)c2cccc(OC)c2)CC3)CC1. The molecule has 1 aromatic carbocycles. The summed E-state index contributed by atoms with van der Waals surface area (Å²) in [6, 6.07) is 12.1. The summed E-state index contributed by atoms with van der Waals surface area (Å²) in [5.74, 6) is 1.38. The maximum absolute atomic E-state index is 13.6. The Balaban J connectivity index is 1.49. The maximum Gasteiger partial charge on any atom is 0.309 e. The molecule has 0 atom stereocenters. The summed E-state index contributed by atoms with van der Waals surface area (Å²) >= 11 is 0. The molecule has 200 valence electrons. The molecule has 38 heavy (non-hydrogen) atoms. The molecule has 2 aliphatic rings. The Bertz CT molecular complexity index is 1410. The summed E-state index contributed by atoms with van der Waals surface area (Å²) in [4.78, 5) is 28.7. The molecule has 11 heteroatoms. The summed E-state index contributed by atoms with van der Waals surface area (Å²) in [5, 5.41) is 0. The third kappa shape index (κ3) is 5.21. The molecule has 10 nitrogen and oxygen atoms in total. The first-order valence-electron chi connectivity index (χ1n) is 12.8. The number of fused-ring (bicyclic) bond motifs is 1. The van der Waals surface area contributed by atoms with Crippen molar-refractivity contribution in [3.63, 3.8) is 0 Å². The highest BCUT2D eigenvalue weighted by molar-refractivity contribution is 7.89. The summed E-state index contributed by atoms with van der Waals surface area (Å²) in [5.41, 5.74) is 2.27. The van der Waals surface area contributed by atoms with E-state index >= 15 is 0 Å². The number of piperidine rings is 1. The summed E-state index contributed by atoms with van der Waals surface area (Å²) < 4.78 is 39.1. The number of aromatic nitrogens is 3. The van der Waals surface area contributed by atoms with Crippen molar-refractivity contribution >= 4 is 21.8 Å². The van der Waals surface area contributed by atoms with Crippen LogP contribution >= 0.6 is 0 Å². The van der Waals surface area contributed by atoms with Crippen LogP contribution in [0.5, 0.6) is 5.75 Å². The number of ether oxygens (including phenoxy) is 2. The number of benzene rings is 1. The van der Waals surface area contributed by atoms with Gasteiger partial charge in [-0.3, -0.25) is 9.78 Å². The largest absolute Gasteiger partial charge is 0.497 e. The quantitative estimate of drug-likeness (QED) is 0.419. The molecule has 3 aromatic rings. The first-order valence-corrected chi connectivity index (χ1v) is 14.2. The lowest BCUT2D eigenvalue weighted by atomic mass is 9.96. The van der Waals surface area contributed by atoms with Crippen LogP contribution in [0.15, 0.2) is 53.6 Å². The van der Waals surface area contributed by atoms with Crippen molar-refractivity contribution in [2.24, 2.45) is 5.92 Å². The monoisotopic (exact) mass is 537 g/mol. The number of hydrogen-bond acceptors (Lipinski definition) is 9. The second kappa shape index (κ2) is 11.0. The Morgan fingerprint density at radius 3 is 2.61 bits per heavy atom. The van der Waals surface area contributed by atoms with E-state index in [1.54, 1.807) is 24.4 Å². The summed E-state index contributed by atoms with van der Waals surface area (Å²) in [6.45, 7) is 3.85. The van der Waals surface area contributed by atoms with Gasteiger partial charge in [-0.25, -0.2) is 18.4 Å². The van der Waals surface area contributed by atoms with Gasteiger partial charge in [0.25, 0.3) is 0 Å². The smallest absolute Gasteiger partial charge is 0.309 e. The van der Waals surface area contributed by atoms with Gasteiger partial charge in [0, 0.05) is 50.4 Å². The Kier molecular flexibility index (Phi) is 7.57. The van der Waals surface area contributed by atoms with Crippen molar-refractivity contribution in [2.45, 2.75) is 37.6 Å². The van der Waals surface area contributed by atoms with Crippen molar-refractivity contribution in [3.05, 3.63) is 59.9 Å². The zero-order chi connectivity index (χ0) is 26.7. The van der Waals surface area contributed by atoms with E-state index in [1.807, 2.05) is 25.1 Å². The normalized spacial score (nSPS) is 16.6. The van der Waals surface area contributed by atoms with E-state index in [4.69, 9.17) is 19.4 Å². The Hall–Kier alpha value is -3.57. The van der Waals surface area contributed by atoms with Crippen molar-refractivity contribution in [1.29, 1.82) is 0 Å². The number of esters is 1. The first kappa shape index (κ1) is 26.1. The molecule has 0 amide bonds.